The standard InChI is InChI=1S/C12H15NO5S/c1-8-9(12(15)16)5-4-6-10(8)19(17,18)7-11(14)13(2)3/h4-6H,7H2,1-3H3,(H,15,16). The lowest BCUT2D eigenvalue weighted by Crippen LogP contribution is -2.29. The van der Waals surface area contributed by atoms with Crippen LogP contribution in [0.3, 0.4) is 0 Å². The maximum atomic E-state index is 12.1. The van der Waals surface area contributed by atoms with E-state index >= 15 is 0 Å². The molecule has 0 aromatic heterocycles. The summed E-state index contributed by atoms with van der Waals surface area (Å²) in [4.78, 5) is 23.5. The summed E-state index contributed by atoms with van der Waals surface area (Å²) >= 11 is 0. The maximum absolute atomic E-state index is 12.1. The molecule has 0 bridgehead atoms. The molecule has 0 aliphatic carbocycles. The van der Waals surface area contributed by atoms with Crippen molar-refractivity contribution in [2.24, 2.45) is 0 Å². The molecule has 0 aliphatic rings. The summed E-state index contributed by atoms with van der Waals surface area (Å²) in [6.45, 7) is 1.41. The number of sulfone groups is 1. The number of amides is 1. The van der Waals surface area contributed by atoms with Gasteiger partial charge in [-0.3, -0.25) is 4.79 Å². The highest BCUT2D eigenvalue weighted by Gasteiger charge is 2.24. The molecule has 0 saturated heterocycles. The molecule has 0 saturated carbocycles. The third kappa shape index (κ3) is 3.31. The molecule has 0 unspecified atom stereocenters. The highest BCUT2D eigenvalue weighted by Crippen LogP contribution is 2.20. The first-order valence-electron chi connectivity index (χ1n) is 5.42. The second-order valence-electron chi connectivity index (χ2n) is 4.28. The monoisotopic (exact) mass is 285 g/mol. The van der Waals surface area contributed by atoms with Crippen molar-refractivity contribution < 1.29 is 23.1 Å². The van der Waals surface area contributed by atoms with Crippen molar-refractivity contribution in [1.82, 2.24) is 4.90 Å². The Morgan fingerprint density at radius 1 is 1.26 bits per heavy atom. The molecule has 0 radical (unpaired) electrons. The molecular weight excluding hydrogens is 270 g/mol. The molecular formula is C12H15NO5S. The Kier molecular flexibility index (Phi) is 4.31. The van der Waals surface area contributed by atoms with E-state index in [0.29, 0.717) is 0 Å². The minimum atomic E-state index is -3.85. The minimum absolute atomic E-state index is 0.0848. The van der Waals surface area contributed by atoms with Crippen molar-refractivity contribution in [1.29, 1.82) is 0 Å². The Morgan fingerprint density at radius 3 is 2.32 bits per heavy atom. The van der Waals surface area contributed by atoms with Gasteiger partial charge in [-0.05, 0) is 24.6 Å². The van der Waals surface area contributed by atoms with Gasteiger partial charge in [0.15, 0.2) is 9.84 Å². The van der Waals surface area contributed by atoms with Crippen molar-refractivity contribution in [3.8, 4) is 0 Å². The van der Waals surface area contributed by atoms with Crippen LogP contribution in [0.2, 0.25) is 0 Å². The Balaban J connectivity index is 3.27. The van der Waals surface area contributed by atoms with Crippen LogP contribution in [0.4, 0.5) is 0 Å². The average Bonchev–Trinajstić information content (AvgIpc) is 2.27. The van der Waals surface area contributed by atoms with E-state index in [1.807, 2.05) is 0 Å². The molecule has 0 fully saturated rings. The van der Waals surface area contributed by atoms with E-state index in [2.05, 4.69) is 0 Å². The number of carbonyl (C=O) groups is 2. The van der Waals surface area contributed by atoms with Crippen LogP contribution >= 0.6 is 0 Å². The lowest BCUT2D eigenvalue weighted by molar-refractivity contribution is -0.125. The Morgan fingerprint density at radius 2 is 1.84 bits per heavy atom. The molecule has 19 heavy (non-hydrogen) atoms. The van der Waals surface area contributed by atoms with E-state index < -0.39 is 27.5 Å². The minimum Gasteiger partial charge on any atom is -0.478 e. The number of carboxylic acids is 1. The molecule has 1 N–H and O–H groups in total. The van der Waals surface area contributed by atoms with E-state index in [0.717, 1.165) is 0 Å². The molecule has 0 atom stereocenters. The van der Waals surface area contributed by atoms with Crippen LogP contribution in [0.25, 0.3) is 0 Å². The Labute approximate surface area is 111 Å². The summed E-state index contributed by atoms with van der Waals surface area (Å²) in [5.41, 5.74) is 0.0555. The first-order chi connectivity index (χ1) is 8.66. The molecule has 104 valence electrons. The van der Waals surface area contributed by atoms with Gasteiger partial charge in [-0.1, -0.05) is 6.07 Å². The van der Waals surface area contributed by atoms with Crippen molar-refractivity contribution >= 4 is 21.7 Å². The van der Waals surface area contributed by atoms with E-state index in [1.54, 1.807) is 0 Å². The lowest BCUT2D eigenvalue weighted by atomic mass is 10.1. The van der Waals surface area contributed by atoms with Gasteiger partial charge in [-0.25, -0.2) is 13.2 Å². The maximum Gasteiger partial charge on any atom is 0.335 e. The van der Waals surface area contributed by atoms with Gasteiger partial charge in [0.1, 0.15) is 5.75 Å². The highest BCUT2D eigenvalue weighted by atomic mass is 32.2. The number of hydrogen-bond acceptors (Lipinski definition) is 4. The smallest absolute Gasteiger partial charge is 0.335 e. The zero-order valence-corrected chi connectivity index (χ0v) is 11.7. The van der Waals surface area contributed by atoms with Gasteiger partial charge < -0.3 is 10.0 Å². The normalized spacial score (nSPS) is 11.1. The predicted octanol–water partition coefficient (Wildman–Crippen LogP) is 0.555. The van der Waals surface area contributed by atoms with Crippen LogP contribution in [0.15, 0.2) is 23.1 Å². The third-order valence-corrected chi connectivity index (χ3v) is 4.40. The molecule has 1 aromatic rings. The molecule has 6 nitrogen and oxygen atoms in total. The second-order valence-corrected chi connectivity index (χ2v) is 6.24. The van der Waals surface area contributed by atoms with Crippen LogP contribution < -0.4 is 0 Å². The van der Waals surface area contributed by atoms with Gasteiger partial charge >= 0.3 is 5.97 Å². The molecule has 1 aromatic carbocycles. The van der Waals surface area contributed by atoms with E-state index in [-0.39, 0.29) is 16.0 Å². The number of carbonyl (C=O) groups excluding carboxylic acids is 1. The Hall–Kier alpha value is -1.89. The predicted molar refractivity (Wildman–Crippen MR) is 68.9 cm³/mol. The largest absolute Gasteiger partial charge is 0.478 e. The van der Waals surface area contributed by atoms with Gasteiger partial charge in [0, 0.05) is 14.1 Å². The summed E-state index contributed by atoms with van der Waals surface area (Å²) in [6.07, 6.45) is 0. The number of nitrogens with zero attached hydrogens (tertiary/aromatic N) is 1. The van der Waals surface area contributed by atoms with Crippen LogP contribution in [0, 0.1) is 6.92 Å². The summed E-state index contributed by atoms with van der Waals surface area (Å²) in [6, 6.07) is 3.98. The topological polar surface area (TPSA) is 91.7 Å². The van der Waals surface area contributed by atoms with E-state index in [9.17, 15) is 18.0 Å². The van der Waals surface area contributed by atoms with Gasteiger partial charge in [0.2, 0.25) is 5.91 Å². The van der Waals surface area contributed by atoms with Gasteiger partial charge in [0.05, 0.1) is 10.5 Å². The average molecular weight is 285 g/mol. The highest BCUT2D eigenvalue weighted by molar-refractivity contribution is 7.92. The van der Waals surface area contributed by atoms with Crippen LogP contribution in [0.1, 0.15) is 15.9 Å². The second kappa shape index (κ2) is 5.40. The van der Waals surface area contributed by atoms with Gasteiger partial charge in [0.25, 0.3) is 0 Å². The third-order valence-electron chi connectivity index (χ3n) is 2.66. The molecule has 0 aliphatic heterocycles. The zero-order valence-electron chi connectivity index (χ0n) is 10.9. The van der Waals surface area contributed by atoms with Crippen molar-refractivity contribution in [2.45, 2.75) is 11.8 Å². The summed E-state index contributed by atoms with van der Waals surface area (Å²) in [5, 5.41) is 8.96. The number of rotatable bonds is 4. The van der Waals surface area contributed by atoms with Gasteiger partial charge in [-0.2, -0.15) is 0 Å². The first kappa shape index (κ1) is 15.2. The first-order valence-corrected chi connectivity index (χ1v) is 7.08. The quantitative estimate of drug-likeness (QED) is 0.872. The summed E-state index contributed by atoms with van der Waals surface area (Å²) in [7, 11) is -0.932. The van der Waals surface area contributed by atoms with E-state index in [1.165, 1.54) is 44.1 Å². The van der Waals surface area contributed by atoms with Crippen molar-refractivity contribution in [3.63, 3.8) is 0 Å². The van der Waals surface area contributed by atoms with Crippen LogP contribution in [-0.2, 0) is 14.6 Å². The molecule has 0 heterocycles. The van der Waals surface area contributed by atoms with E-state index in [4.69, 9.17) is 5.11 Å². The number of benzene rings is 1. The van der Waals surface area contributed by atoms with Crippen molar-refractivity contribution in [3.05, 3.63) is 29.3 Å². The molecule has 1 amide bonds. The van der Waals surface area contributed by atoms with Crippen LogP contribution in [-0.4, -0.2) is 50.1 Å². The number of aromatic carboxylic acids is 1. The summed E-state index contributed by atoms with van der Waals surface area (Å²) < 4.78 is 24.2. The number of hydrogen-bond donors (Lipinski definition) is 1. The lowest BCUT2D eigenvalue weighted by Gasteiger charge is -2.12. The fraction of sp³-hybridized carbons (Fsp3) is 0.333. The molecule has 1 rings (SSSR count). The zero-order chi connectivity index (χ0) is 14.8. The Bertz CT molecular complexity index is 619. The SMILES string of the molecule is Cc1c(C(=O)O)cccc1S(=O)(=O)CC(=O)N(C)C. The molecule has 7 heteroatoms. The van der Waals surface area contributed by atoms with Crippen LogP contribution in [0.5, 0.6) is 0 Å². The summed E-state index contributed by atoms with van der Waals surface area (Å²) in [5.74, 6) is -2.43. The fourth-order valence-corrected chi connectivity index (χ4v) is 3.15. The fourth-order valence-electron chi connectivity index (χ4n) is 1.55. The van der Waals surface area contributed by atoms with Crippen molar-refractivity contribution in [2.75, 3.05) is 19.8 Å². The number of carboxylic acid groups (broad SMARTS) is 1. The molecule has 0 spiro atoms. The van der Waals surface area contributed by atoms with Gasteiger partial charge in [-0.15, -0.1) is 0 Å².